The molecule has 0 amide bonds. The minimum Gasteiger partial charge on any atom is -0.367 e. The van der Waals surface area contributed by atoms with E-state index in [9.17, 15) is 0 Å². The summed E-state index contributed by atoms with van der Waals surface area (Å²) >= 11 is 1.99. The van der Waals surface area contributed by atoms with Gasteiger partial charge in [0.1, 0.15) is 0 Å². The lowest BCUT2D eigenvalue weighted by molar-refractivity contribution is 0.648. The molecule has 0 aromatic heterocycles. The lowest BCUT2D eigenvalue weighted by Crippen LogP contribution is -2.39. The van der Waals surface area contributed by atoms with E-state index in [0.29, 0.717) is 6.04 Å². The Morgan fingerprint density at radius 2 is 2.29 bits per heavy atom. The van der Waals surface area contributed by atoms with Gasteiger partial charge in [-0.2, -0.15) is 0 Å². The van der Waals surface area contributed by atoms with Crippen molar-refractivity contribution in [3.8, 4) is 0 Å². The number of nitrogens with zero attached hydrogens (tertiary/aromatic N) is 1. The number of hydrogen-bond donors (Lipinski definition) is 1. The van der Waals surface area contributed by atoms with Gasteiger partial charge in [0.25, 0.3) is 0 Å². The van der Waals surface area contributed by atoms with E-state index in [1.54, 1.807) is 0 Å². The third-order valence-corrected chi connectivity index (χ3v) is 4.66. The van der Waals surface area contributed by atoms with Crippen molar-refractivity contribution in [3.05, 3.63) is 23.8 Å². The summed E-state index contributed by atoms with van der Waals surface area (Å²) in [4.78, 5) is 4.00. The Morgan fingerprint density at radius 1 is 1.47 bits per heavy atom. The summed E-state index contributed by atoms with van der Waals surface area (Å²) in [5.41, 5.74) is 8.59. The van der Waals surface area contributed by atoms with Gasteiger partial charge in [-0.25, -0.2) is 0 Å². The molecule has 2 nitrogen and oxygen atoms in total. The highest BCUT2D eigenvalue weighted by Crippen LogP contribution is 2.40. The molecule has 17 heavy (non-hydrogen) atoms. The van der Waals surface area contributed by atoms with Gasteiger partial charge < -0.3 is 10.6 Å². The molecule has 1 aliphatic rings. The van der Waals surface area contributed by atoms with Crippen LogP contribution in [0.4, 0.5) is 5.69 Å². The van der Waals surface area contributed by atoms with Crippen LogP contribution in [0.2, 0.25) is 0 Å². The van der Waals surface area contributed by atoms with Crippen LogP contribution in [0.5, 0.6) is 0 Å². The zero-order valence-electron chi connectivity index (χ0n) is 10.8. The molecule has 1 unspecified atom stereocenters. The first-order valence-electron chi connectivity index (χ1n) is 6.49. The second-order valence-electron chi connectivity index (χ2n) is 4.61. The Kier molecular flexibility index (Phi) is 4.35. The van der Waals surface area contributed by atoms with Gasteiger partial charge in [0.2, 0.25) is 0 Å². The largest absolute Gasteiger partial charge is 0.367 e. The highest BCUT2D eigenvalue weighted by atomic mass is 32.2. The van der Waals surface area contributed by atoms with Crippen molar-refractivity contribution >= 4 is 17.4 Å². The molecule has 1 aromatic carbocycles. The maximum Gasteiger partial charge on any atom is 0.0539 e. The average molecular weight is 250 g/mol. The van der Waals surface area contributed by atoms with Gasteiger partial charge in [-0.3, -0.25) is 0 Å². The molecule has 2 rings (SSSR count). The van der Waals surface area contributed by atoms with Gasteiger partial charge in [0.15, 0.2) is 0 Å². The van der Waals surface area contributed by atoms with Gasteiger partial charge in [-0.1, -0.05) is 19.1 Å². The standard InChI is InChI=1S/C14H22N2S/c1-3-12-6-4-7-13-14(12)16(9-5-8-15)11(2)10-17-13/h4,6-7,11H,3,5,8-10,15H2,1-2H3. The Hall–Kier alpha value is -0.670. The summed E-state index contributed by atoms with van der Waals surface area (Å²) in [5, 5.41) is 0. The molecule has 1 heterocycles. The Labute approximate surface area is 109 Å². The summed E-state index contributed by atoms with van der Waals surface area (Å²) < 4.78 is 0. The highest BCUT2D eigenvalue weighted by Gasteiger charge is 2.24. The van der Waals surface area contributed by atoms with E-state index in [4.69, 9.17) is 5.73 Å². The molecule has 0 fully saturated rings. The molecule has 1 aliphatic heterocycles. The van der Waals surface area contributed by atoms with E-state index in [0.717, 1.165) is 25.9 Å². The van der Waals surface area contributed by atoms with Crippen LogP contribution in [-0.2, 0) is 6.42 Å². The van der Waals surface area contributed by atoms with Crippen molar-refractivity contribution in [1.82, 2.24) is 0 Å². The van der Waals surface area contributed by atoms with Gasteiger partial charge >= 0.3 is 0 Å². The zero-order chi connectivity index (χ0) is 12.3. The number of nitrogens with two attached hydrogens (primary N) is 1. The fourth-order valence-corrected chi connectivity index (χ4v) is 3.57. The molecule has 0 saturated carbocycles. The minimum atomic E-state index is 0.617. The van der Waals surface area contributed by atoms with E-state index in [1.807, 2.05) is 11.8 Å². The topological polar surface area (TPSA) is 29.3 Å². The molecule has 1 atom stereocenters. The number of fused-ring (bicyclic) bond motifs is 1. The number of aryl methyl sites for hydroxylation is 1. The van der Waals surface area contributed by atoms with Crippen LogP contribution in [0.3, 0.4) is 0 Å². The Morgan fingerprint density at radius 3 is 3.00 bits per heavy atom. The van der Waals surface area contributed by atoms with Crippen molar-refractivity contribution in [3.63, 3.8) is 0 Å². The van der Waals surface area contributed by atoms with Gasteiger partial charge in [-0.05, 0) is 37.9 Å². The second-order valence-corrected chi connectivity index (χ2v) is 5.67. The second kappa shape index (κ2) is 5.78. The Bertz CT molecular complexity index is 364. The Balaban J connectivity index is 2.34. The first-order valence-corrected chi connectivity index (χ1v) is 7.47. The SMILES string of the molecule is CCc1cccc2c1N(CCCN)C(C)CS2. The van der Waals surface area contributed by atoms with E-state index >= 15 is 0 Å². The normalized spacial score (nSPS) is 19.2. The fourth-order valence-electron chi connectivity index (χ4n) is 2.41. The summed E-state index contributed by atoms with van der Waals surface area (Å²) in [6.07, 6.45) is 2.18. The molecule has 2 N–H and O–H groups in total. The maximum absolute atomic E-state index is 5.65. The number of benzene rings is 1. The molecule has 3 heteroatoms. The van der Waals surface area contributed by atoms with E-state index in [2.05, 4.69) is 36.9 Å². The summed E-state index contributed by atoms with van der Waals surface area (Å²) in [7, 11) is 0. The third-order valence-electron chi connectivity index (χ3n) is 3.37. The van der Waals surface area contributed by atoms with Crippen LogP contribution in [0.1, 0.15) is 25.8 Å². The number of thioether (sulfide) groups is 1. The van der Waals surface area contributed by atoms with Crippen molar-refractivity contribution in [2.24, 2.45) is 5.73 Å². The highest BCUT2D eigenvalue weighted by molar-refractivity contribution is 7.99. The van der Waals surface area contributed by atoms with Crippen LogP contribution in [-0.4, -0.2) is 24.9 Å². The summed E-state index contributed by atoms with van der Waals surface area (Å²) in [6, 6.07) is 7.31. The summed E-state index contributed by atoms with van der Waals surface area (Å²) in [5.74, 6) is 1.19. The van der Waals surface area contributed by atoms with Crippen LogP contribution in [0, 0.1) is 0 Å². The monoisotopic (exact) mass is 250 g/mol. The molecule has 0 bridgehead atoms. The molecule has 0 aliphatic carbocycles. The van der Waals surface area contributed by atoms with Crippen molar-refractivity contribution in [1.29, 1.82) is 0 Å². The van der Waals surface area contributed by atoms with Gasteiger partial charge in [0.05, 0.1) is 5.69 Å². The number of rotatable bonds is 4. The molecule has 0 spiro atoms. The van der Waals surface area contributed by atoms with Gasteiger partial charge in [-0.15, -0.1) is 11.8 Å². The quantitative estimate of drug-likeness (QED) is 0.891. The van der Waals surface area contributed by atoms with E-state index in [-0.39, 0.29) is 0 Å². The molecular formula is C14H22N2S. The molecule has 1 aromatic rings. The fraction of sp³-hybridized carbons (Fsp3) is 0.571. The van der Waals surface area contributed by atoms with Gasteiger partial charge in [0, 0.05) is 23.2 Å². The predicted molar refractivity (Wildman–Crippen MR) is 77.0 cm³/mol. The molecular weight excluding hydrogens is 228 g/mol. The number of para-hydroxylation sites is 1. The lowest BCUT2D eigenvalue weighted by atomic mass is 10.1. The first-order chi connectivity index (χ1) is 8.27. The predicted octanol–water partition coefficient (Wildman–Crippen LogP) is 2.90. The summed E-state index contributed by atoms with van der Waals surface area (Å²) in [6.45, 7) is 6.42. The molecule has 94 valence electrons. The minimum absolute atomic E-state index is 0.617. The van der Waals surface area contributed by atoms with Crippen LogP contribution < -0.4 is 10.6 Å². The number of anilines is 1. The van der Waals surface area contributed by atoms with Crippen molar-refractivity contribution in [2.45, 2.75) is 37.6 Å². The van der Waals surface area contributed by atoms with E-state index in [1.165, 1.54) is 21.9 Å². The van der Waals surface area contributed by atoms with Crippen LogP contribution in [0.25, 0.3) is 0 Å². The number of hydrogen-bond acceptors (Lipinski definition) is 3. The third kappa shape index (κ3) is 2.61. The smallest absolute Gasteiger partial charge is 0.0539 e. The van der Waals surface area contributed by atoms with E-state index < -0.39 is 0 Å². The average Bonchev–Trinajstić information content (AvgIpc) is 2.37. The molecule has 0 saturated heterocycles. The first kappa shape index (κ1) is 12.8. The zero-order valence-corrected chi connectivity index (χ0v) is 11.6. The van der Waals surface area contributed by atoms with Crippen LogP contribution >= 0.6 is 11.8 Å². The lowest BCUT2D eigenvalue weighted by Gasteiger charge is -2.38. The molecule has 0 radical (unpaired) electrons. The van der Waals surface area contributed by atoms with Crippen molar-refractivity contribution in [2.75, 3.05) is 23.7 Å². The van der Waals surface area contributed by atoms with Crippen molar-refractivity contribution < 1.29 is 0 Å². The maximum atomic E-state index is 5.65. The van der Waals surface area contributed by atoms with Crippen LogP contribution in [0.15, 0.2) is 23.1 Å².